The molecule has 2 atom stereocenters. The Balaban J connectivity index is 1.67. The minimum Gasteiger partial charge on any atom is -0.332 e. The molecule has 3 heterocycles. The van der Waals surface area contributed by atoms with E-state index in [1.54, 1.807) is 0 Å². The lowest BCUT2D eigenvalue weighted by molar-refractivity contribution is 0.531. The summed E-state index contributed by atoms with van der Waals surface area (Å²) in [5, 5.41) is 4.37. The predicted octanol–water partition coefficient (Wildman–Crippen LogP) is 2.59. The third-order valence-corrected chi connectivity index (χ3v) is 5.22. The summed E-state index contributed by atoms with van der Waals surface area (Å²) >= 11 is 2.14. The largest absolute Gasteiger partial charge is 0.332 e. The van der Waals surface area contributed by atoms with Crippen LogP contribution in [0.4, 0.5) is 0 Å². The van der Waals surface area contributed by atoms with E-state index in [1.165, 1.54) is 43.6 Å². The second-order valence-electron chi connectivity index (χ2n) is 5.11. The highest BCUT2D eigenvalue weighted by Gasteiger charge is 2.21. The number of aromatic nitrogens is 2. The molecule has 4 heteroatoms. The van der Waals surface area contributed by atoms with Gasteiger partial charge >= 0.3 is 0 Å². The highest BCUT2D eigenvalue weighted by atomic mass is 32.2. The molecule has 1 N–H and O–H groups in total. The van der Waals surface area contributed by atoms with Crippen molar-refractivity contribution in [2.45, 2.75) is 49.9 Å². The van der Waals surface area contributed by atoms with Crippen molar-refractivity contribution in [2.75, 3.05) is 12.3 Å². The quantitative estimate of drug-likeness (QED) is 0.895. The smallest absolute Gasteiger partial charge is 0.0949 e. The molecule has 2 saturated heterocycles. The molecule has 2 fully saturated rings. The van der Waals surface area contributed by atoms with Gasteiger partial charge in [-0.15, -0.1) is 0 Å². The van der Waals surface area contributed by atoms with Gasteiger partial charge in [0, 0.05) is 24.0 Å². The van der Waals surface area contributed by atoms with E-state index in [0.717, 1.165) is 18.3 Å². The Kier molecular flexibility index (Phi) is 3.71. The fourth-order valence-electron chi connectivity index (χ4n) is 2.88. The molecule has 3 rings (SSSR count). The van der Waals surface area contributed by atoms with E-state index in [2.05, 4.69) is 32.8 Å². The summed E-state index contributed by atoms with van der Waals surface area (Å²) in [6, 6.07) is 0.547. The molecule has 1 aromatic heterocycles. The van der Waals surface area contributed by atoms with Gasteiger partial charge in [-0.3, -0.25) is 0 Å². The van der Waals surface area contributed by atoms with Crippen molar-refractivity contribution < 1.29 is 0 Å². The van der Waals surface area contributed by atoms with Crippen LogP contribution in [-0.2, 0) is 6.54 Å². The Morgan fingerprint density at radius 3 is 3.12 bits per heavy atom. The number of thioether (sulfide) groups is 1. The van der Waals surface area contributed by atoms with Crippen LogP contribution in [0, 0.1) is 0 Å². The first kappa shape index (κ1) is 11.6. The highest BCUT2D eigenvalue weighted by Crippen LogP contribution is 2.28. The van der Waals surface area contributed by atoms with Gasteiger partial charge in [0.15, 0.2) is 0 Å². The SMILES string of the molecule is c1ncn(CC2CCCCS2)c1[C@@H]1CCCN1. The molecule has 3 nitrogen and oxygen atoms in total. The van der Waals surface area contributed by atoms with Crippen molar-refractivity contribution in [3.05, 3.63) is 18.2 Å². The number of hydrogen-bond donors (Lipinski definition) is 1. The van der Waals surface area contributed by atoms with E-state index in [-0.39, 0.29) is 0 Å². The van der Waals surface area contributed by atoms with Crippen molar-refractivity contribution >= 4 is 11.8 Å². The van der Waals surface area contributed by atoms with Crippen molar-refractivity contribution in [3.63, 3.8) is 0 Å². The maximum atomic E-state index is 4.35. The van der Waals surface area contributed by atoms with E-state index in [9.17, 15) is 0 Å². The summed E-state index contributed by atoms with van der Waals surface area (Å²) in [6.07, 6.45) is 10.8. The van der Waals surface area contributed by atoms with E-state index < -0.39 is 0 Å². The Hall–Kier alpha value is -0.480. The summed E-state index contributed by atoms with van der Waals surface area (Å²) in [5.41, 5.74) is 1.40. The average Bonchev–Trinajstić information content (AvgIpc) is 3.00. The van der Waals surface area contributed by atoms with E-state index in [1.807, 2.05) is 6.33 Å². The Morgan fingerprint density at radius 2 is 2.35 bits per heavy atom. The van der Waals surface area contributed by atoms with E-state index in [4.69, 9.17) is 0 Å². The van der Waals surface area contributed by atoms with Crippen molar-refractivity contribution in [2.24, 2.45) is 0 Å². The number of hydrogen-bond acceptors (Lipinski definition) is 3. The third-order valence-electron chi connectivity index (χ3n) is 3.84. The normalized spacial score (nSPS) is 29.6. The zero-order valence-corrected chi connectivity index (χ0v) is 11.1. The predicted molar refractivity (Wildman–Crippen MR) is 72.3 cm³/mol. The Labute approximate surface area is 107 Å². The molecular formula is C13H21N3S. The molecule has 0 radical (unpaired) electrons. The molecule has 0 spiro atoms. The summed E-state index contributed by atoms with van der Waals surface area (Å²) in [6.45, 7) is 2.31. The number of nitrogens with one attached hydrogen (secondary N) is 1. The lowest BCUT2D eigenvalue weighted by Gasteiger charge is -2.23. The topological polar surface area (TPSA) is 29.9 Å². The van der Waals surface area contributed by atoms with Gasteiger partial charge in [0.25, 0.3) is 0 Å². The number of nitrogens with zero attached hydrogens (tertiary/aromatic N) is 2. The number of rotatable bonds is 3. The maximum absolute atomic E-state index is 4.35. The maximum Gasteiger partial charge on any atom is 0.0949 e. The van der Waals surface area contributed by atoms with Crippen LogP contribution in [0.2, 0.25) is 0 Å². The zero-order valence-electron chi connectivity index (χ0n) is 10.3. The van der Waals surface area contributed by atoms with Gasteiger partial charge in [0.05, 0.1) is 12.0 Å². The zero-order chi connectivity index (χ0) is 11.5. The molecule has 2 aliphatic rings. The molecular weight excluding hydrogens is 230 g/mol. The monoisotopic (exact) mass is 251 g/mol. The van der Waals surface area contributed by atoms with Crippen LogP contribution in [0.1, 0.15) is 43.8 Å². The van der Waals surface area contributed by atoms with Gasteiger partial charge in [-0.05, 0) is 38.0 Å². The fourth-order valence-corrected chi connectivity index (χ4v) is 4.18. The summed E-state index contributed by atoms with van der Waals surface area (Å²) in [5.74, 6) is 1.34. The van der Waals surface area contributed by atoms with Crippen molar-refractivity contribution in [3.8, 4) is 0 Å². The Bertz CT molecular complexity index is 351. The van der Waals surface area contributed by atoms with Crippen LogP contribution in [0.15, 0.2) is 12.5 Å². The summed E-state index contributed by atoms with van der Waals surface area (Å²) in [4.78, 5) is 4.35. The van der Waals surface area contributed by atoms with Gasteiger partial charge in [-0.2, -0.15) is 11.8 Å². The fraction of sp³-hybridized carbons (Fsp3) is 0.769. The first-order valence-corrected chi connectivity index (χ1v) is 7.83. The van der Waals surface area contributed by atoms with Crippen LogP contribution in [0.25, 0.3) is 0 Å². The van der Waals surface area contributed by atoms with Gasteiger partial charge in [0.2, 0.25) is 0 Å². The molecule has 2 aliphatic heterocycles. The highest BCUT2D eigenvalue weighted by molar-refractivity contribution is 7.99. The Morgan fingerprint density at radius 1 is 1.35 bits per heavy atom. The first-order valence-electron chi connectivity index (χ1n) is 6.78. The molecule has 1 unspecified atom stereocenters. The van der Waals surface area contributed by atoms with Crippen LogP contribution in [-0.4, -0.2) is 27.1 Å². The summed E-state index contributed by atoms with van der Waals surface area (Å²) in [7, 11) is 0. The average molecular weight is 251 g/mol. The first-order chi connectivity index (χ1) is 8.43. The van der Waals surface area contributed by atoms with Crippen LogP contribution in [0.3, 0.4) is 0 Å². The molecule has 0 aromatic carbocycles. The standard InChI is InChI=1S/C13H21N3S/c1-2-7-17-11(4-1)9-16-10-14-8-13(16)12-5-3-6-15-12/h8,10-12,15H,1-7,9H2/t11?,12-/m0/s1. The van der Waals surface area contributed by atoms with Crippen LogP contribution < -0.4 is 5.32 Å². The van der Waals surface area contributed by atoms with Crippen LogP contribution in [0.5, 0.6) is 0 Å². The van der Waals surface area contributed by atoms with Gasteiger partial charge in [0.1, 0.15) is 0 Å². The second-order valence-corrected chi connectivity index (χ2v) is 6.52. The molecule has 17 heavy (non-hydrogen) atoms. The minimum atomic E-state index is 0.547. The summed E-state index contributed by atoms with van der Waals surface area (Å²) < 4.78 is 2.38. The second kappa shape index (κ2) is 5.44. The van der Waals surface area contributed by atoms with E-state index in [0.29, 0.717) is 6.04 Å². The molecule has 94 valence electrons. The van der Waals surface area contributed by atoms with Crippen molar-refractivity contribution in [1.82, 2.24) is 14.9 Å². The minimum absolute atomic E-state index is 0.547. The molecule has 0 saturated carbocycles. The van der Waals surface area contributed by atoms with Crippen molar-refractivity contribution in [1.29, 1.82) is 0 Å². The van der Waals surface area contributed by atoms with E-state index >= 15 is 0 Å². The number of imidazole rings is 1. The van der Waals surface area contributed by atoms with Gasteiger partial charge in [-0.25, -0.2) is 4.98 Å². The van der Waals surface area contributed by atoms with Crippen LogP contribution >= 0.6 is 11.8 Å². The molecule has 1 aromatic rings. The lowest BCUT2D eigenvalue weighted by Crippen LogP contribution is -2.21. The van der Waals surface area contributed by atoms with Gasteiger partial charge < -0.3 is 9.88 Å². The third kappa shape index (κ3) is 2.68. The van der Waals surface area contributed by atoms with Gasteiger partial charge in [-0.1, -0.05) is 6.42 Å². The molecule has 0 amide bonds. The molecule has 0 aliphatic carbocycles. The molecule has 0 bridgehead atoms. The lowest BCUT2D eigenvalue weighted by atomic mass is 10.1.